The molecule has 6 nitrogen and oxygen atoms in total. The predicted octanol–water partition coefficient (Wildman–Crippen LogP) is 28.4. The lowest BCUT2D eigenvalue weighted by Crippen LogP contribution is -2.45. The zero-order valence-corrected chi connectivity index (χ0v) is 62.8. The van der Waals surface area contributed by atoms with E-state index in [1.807, 2.05) is 6.08 Å². The molecule has 0 fully saturated rings. The largest absolute Gasteiger partial charge is 0.466 e. The minimum atomic E-state index is -0.841. The van der Waals surface area contributed by atoms with Gasteiger partial charge in [-0.3, -0.25) is 9.59 Å². The summed E-state index contributed by atoms with van der Waals surface area (Å²) in [5, 5.41) is 23.3. The molecule has 0 saturated carbocycles. The van der Waals surface area contributed by atoms with Crippen LogP contribution in [0.3, 0.4) is 0 Å². The third kappa shape index (κ3) is 77.3. The fourth-order valence-electron chi connectivity index (χ4n) is 13.8. The van der Waals surface area contributed by atoms with E-state index in [-0.39, 0.29) is 18.5 Å². The van der Waals surface area contributed by atoms with Gasteiger partial charge in [-0.05, 0) is 57.8 Å². The molecular formula is C86H167NO5. The number of aliphatic hydroxyl groups is 2. The van der Waals surface area contributed by atoms with Crippen LogP contribution in [0.5, 0.6) is 0 Å². The second kappa shape index (κ2) is 81.8. The average molecular weight is 1300 g/mol. The number of allylic oxidation sites excluding steroid dienone is 3. The molecular weight excluding hydrogens is 1130 g/mol. The number of rotatable bonds is 81. The summed E-state index contributed by atoms with van der Waals surface area (Å²) in [6, 6.07) is -0.624. The van der Waals surface area contributed by atoms with Gasteiger partial charge < -0.3 is 20.3 Å². The van der Waals surface area contributed by atoms with Gasteiger partial charge in [0.05, 0.1) is 25.4 Å². The first-order valence-electron chi connectivity index (χ1n) is 42.6. The highest BCUT2D eigenvalue weighted by Gasteiger charge is 2.18. The van der Waals surface area contributed by atoms with Crippen LogP contribution in [0.1, 0.15) is 489 Å². The maximum atomic E-state index is 12.5. The molecule has 0 spiro atoms. The number of hydrogen-bond acceptors (Lipinski definition) is 5. The Morgan fingerprint density at radius 1 is 0.293 bits per heavy atom. The van der Waals surface area contributed by atoms with Crippen LogP contribution in [-0.4, -0.2) is 47.4 Å². The van der Waals surface area contributed by atoms with E-state index in [1.54, 1.807) is 6.08 Å². The Hall–Kier alpha value is -1.66. The molecule has 0 saturated heterocycles. The lowest BCUT2D eigenvalue weighted by atomic mass is 10.0. The molecule has 1 amide bonds. The van der Waals surface area contributed by atoms with Crippen molar-refractivity contribution < 1.29 is 24.5 Å². The van der Waals surface area contributed by atoms with E-state index in [2.05, 4.69) is 31.3 Å². The van der Waals surface area contributed by atoms with Crippen molar-refractivity contribution in [3.05, 3.63) is 24.3 Å². The average Bonchev–Trinajstić information content (AvgIpc) is 3.61. The zero-order chi connectivity index (χ0) is 66.3. The van der Waals surface area contributed by atoms with Gasteiger partial charge in [0.2, 0.25) is 5.91 Å². The summed E-state index contributed by atoms with van der Waals surface area (Å²) in [6.45, 7) is 4.96. The monoisotopic (exact) mass is 1290 g/mol. The van der Waals surface area contributed by atoms with E-state index in [9.17, 15) is 19.8 Å². The molecule has 0 bridgehead atoms. The highest BCUT2D eigenvalue weighted by Crippen LogP contribution is 2.21. The Morgan fingerprint density at radius 3 is 0.772 bits per heavy atom. The first-order chi connectivity index (χ1) is 45.5. The molecule has 0 rings (SSSR count). The summed E-state index contributed by atoms with van der Waals surface area (Å²) in [5.41, 5.74) is 0. The van der Waals surface area contributed by atoms with Gasteiger partial charge >= 0.3 is 5.97 Å². The Bertz CT molecular complexity index is 1450. The normalized spacial score (nSPS) is 12.5. The van der Waals surface area contributed by atoms with E-state index >= 15 is 0 Å². The molecule has 0 aromatic rings. The Kier molecular flexibility index (Phi) is 80.3. The summed E-state index contributed by atoms with van der Waals surface area (Å²) in [6.07, 6.45) is 106. The van der Waals surface area contributed by atoms with Crippen molar-refractivity contribution in [3.8, 4) is 0 Å². The lowest BCUT2D eigenvalue weighted by molar-refractivity contribution is -0.143. The molecule has 0 heterocycles. The third-order valence-electron chi connectivity index (χ3n) is 20.2. The van der Waals surface area contributed by atoms with Crippen molar-refractivity contribution in [1.82, 2.24) is 5.32 Å². The van der Waals surface area contributed by atoms with Crippen LogP contribution in [-0.2, 0) is 14.3 Å². The van der Waals surface area contributed by atoms with E-state index in [4.69, 9.17) is 4.74 Å². The fraction of sp³-hybridized carbons (Fsp3) is 0.930. The molecule has 2 atom stereocenters. The molecule has 92 heavy (non-hydrogen) atoms. The van der Waals surface area contributed by atoms with Crippen molar-refractivity contribution in [1.29, 1.82) is 0 Å². The zero-order valence-electron chi connectivity index (χ0n) is 62.8. The molecule has 0 aliphatic heterocycles. The highest BCUT2D eigenvalue weighted by atomic mass is 16.5. The molecule has 546 valence electrons. The second-order valence-electron chi connectivity index (χ2n) is 29.5. The van der Waals surface area contributed by atoms with E-state index in [0.29, 0.717) is 19.4 Å². The van der Waals surface area contributed by atoms with Gasteiger partial charge in [-0.25, -0.2) is 0 Å². The minimum Gasteiger partial charge on any atom is -0.466 e. The summed E-state index contributed by atoms with van der Waals surface area (Å²) >= 11 is 0. The number of ether oxygens (including phenoxy) is 1. The van der Waals surface area contributed by atoms with E-state index in [1.165, 1.54) is 424 Å². The van der Waals surface area contributed by atoms with E-state index in [0.717, 1.165) is 38.5 Å². The fourth-order valence-corrected chi connectivity index (χ4v) is 13.8. The Labute approximate surface area is 577 Å². The van der Waals surface area contributed by atoms with Gasteiger partial charge in [0.25, 0.3) is 0 Å². The maximum Gasteiger partial charge on any atom is 0.305 e. The van der Waals surface area contributed by atoms with Crippen molar-refractivity contribution >= 4 is 11.9 Å². The van der Waals surface area contributed by atoms with Crippen molar-refractivity contribution in [2.45, 2.75) is 501 Å². The van der Waals surface area contributed by atoms with Crippen LogP contribution in [0.25, 0.3) is 0 Å². The number of esters is 1. The van der Waals surface area contributed by atoms with Crippen LogP contribution >= 0.6 is 0 Å². The van der Waals surface area contributed by atoms with Crippen LogP contribution in [0, 0.1) is 0 Å². The van der Waals surface area contributed by atoms with Gasteiger partial charge in [-0.1, -0.05) is 443 Å². The molecule has 0 aromatic carbocycles. The van der Waals surface area contributed by atoms with Crippen LogP contribution in [0.2, 0.25) is 0 Å². The number of nitrogens with one attached hydrogen (secondary N) is 1. The first kappa shape index (κ1) is 90.3. The van der Waals surface area contributed by atoms with Gasteiger partial charge in [0, 0.05) is 12.8 Å². The number of carbonyl (C=O) groups excluding carboxylic acids is 2. The van der Waals surface area contributed by atoms with Gasteiger partial charge in [-0.2, -0.15) is 0 Å². The number of unbranched alkanes of at least 4 members (excludes halogenated alkanes) is 68. The van der Waals surface area contributed by atoms with E-state index < -0.39 is 12.1 Å². The lowest BCUT2D eigenvalue weighted by Gasteiger charge is -2.20. The standard InChI is InChI=1S/C86H167NO5/c1-3-5-7-9-11-13-15-17-19-21-42-46-50-54-58-62-66-70-74-78-84(89)83(82-88)87-85(90)79-75-71-67-63-59-55-51-47-44-40-38-36-34-32-30-28-26-24-23-25-27-29-31-33-35-37-39-41-45-49-53-57-61-65-69-73-77-81-92-86(91)80-76-72-68-64-60-56-52-48-43-22-20-18-16-14-12-10-8-6-4-2/h18,20,74,78,83-84,88-89H,3-17,19,21-73,75-77,79-82H2,1-2H3,(H,87,90)/b20-18-,78-74+. The number of amides is 1. The molecule has 0 aromatic heterocycles. The number of carbonyl (C=O) groups is 2. The summed E-state index contributed by atoms with van der Waals surface area (Å²) in [4.78, 5) is 24.7. The van der Waals surface area contributed by atoms with Gasteiger partial charge in [-0.15, -0.1) is 0 Å². The third-order valence-corrected chi connectivity index (χ3v) is 20.2. The van der Waals surface area contributed by atoms with Gasteiger partial charge in [0.1, 0.15) is 0 Å². The van der Waals surface area contributed by atoms with Crippen LogP contribution < -0.4 is 5.32 Å². The molecule has 0 aliphatic rings. The number of hydrogen-bond donors (Lipinski definition) is 3. The van der Waals surface area contributed by atoms with Crippen molar-refractivity contribution in [3.63, 3.8) is 0 Å². The summed E-state index contributed by atoms with van der Waals surface area (Å²) in [7, 11) is 0. The van der Waals surface area contributed by atoms with Crippen molar-refractivity contribution in [2.75, 3.05) is 13.2 Å². The first-order valence-corrected chi connectivity index (χ1v) is 42.6. The Balaban J connectivity index is 3.31. The molecule has 2 unspecified atom stereocenters. The molecule has 3 N–H and O–H groups in total. The summed E-state index contributed by atoms with van der Waals surface area (Å²) < 4.78 is 5.52. The smallest absolute Gasteiger partial charge is 0.305 e. The quantitative estimate of drug-likeness (QED) is 0.0320. The molecule has 0 aliphatic carbocycles. The molecule has 0 radical (unpaired) electrons. The highest BCUT2D eigenvalue weighted by molar-refractivity contribution is 5.76. The van der Waals surface area contributed by atoms with Crippen molar-refractivity contribution in [2.24, 2.45) is 0 Å². The topological polar surface area (TPSA) is 95.9 Å². The minimum absolute atomic E-state index is 0.0239. The molecule has 6 heteroatoms. The Morgan fingerprint density at radius 2 is 0.511 bits per heavy atom. The van der Waals surface area contributed by atoms with Crippen LogP contribution in [0.15, 0.2) is 24.3 Å². The maximum absolute atomic E-state index is 12.5. The van der Waals surface area contributed by atoms with Gasteiger partial charge in [0.15, 0.2) is 0 Å². The SMILES string of the molecule is CCCCCCCC/C=C\CCCCCCCCCCCC(=O)OCCCCCCCCCCCCCCCCCCCCCCCCCCCCCCCCCCCCCCCC(=O)NC(CO)C(O)/C=C/CCCCCCCCCCCCCCCCCCC. The number of aliphatic hydroxyl groups excluding tert-OH is 2. The second-order valence-corrected chi connectivity index (χ2v) is 29.5. The summed E-state index contributed by atoms with van der Waals surface area (Å²) in [5.74, 6) is -0.0336. The predicted molar refractivity (Wildman–Crippen MR) is 407 cm³/mol. The van der Waals surface area contributed by atoms with Crippen LogP contribution in [0.4, 0.5) is 0 Å².